The molecule has 0 N–H and O–H groups in total. The van der Waals surface area contributed by atoms with Crippen LogP contribution in [0.3, 0.4) is 0 Å². The van der Waals surface area contributed by atoms with Gasteiger partial charge in [-0.1, -0.05) is 12.2 Å². The Bertz CT molecular complexity index is 369. The molecule has 16 heavy (non-hydrogen) atoms. The van der Waals surface area contributed by atoms with Crippen LogP contribution in [0.5, 0.6) is 5.75 Å². The van der Waals surface area contributed by atoms with Crippen molar-refractivity contribution in [3.8, 4) is 5.75 Å². The number of ether oxygens (including phenoxy) is 1. The van der Waals surface area contributed by atoms with Gasteiger partial charge in [0.1, 0.15) is 5.75 Å². The first-order valence-electron chi connectivity index (χ1n) is 5.65. The molecule has 0 aliphatic heterocycles. The zero-order valence-corrected chi connectivity index (χ0v) is 11.0. The van der Waals surface area contributed by atoms with Gasteiger partial charge in [0.2, 0.25) is 0 Å². The largest absolute Gasteiger partial charge is 0.494 e. The summed E-state index contributed by atoms with van der Waals surface area (Å²) in [6.07, 6.45) is 5.14. The molecule has 0 saturated heterocycles. The summed E-state index contributed by atoms with van der Waals surface area (Å²) in [6.45, 7) is 6.89. The topological polar surface area (TPSA) is 9.23 Å². The number of halogens is 1. The molecule has 0 radical (unpaired) electrons. The fraction of sp³-hybridized carbons (Fsp3) is 0.429. The number of allylic oxidation sites excluding steroid dienone is 1. The minimum absolute atomic E-state index is 0.672. The first-order chi connectivity index (χ1) is 7.69. The normalized spacial score (nSPS) is 11.0. The molecule has 2 heteroatoms. The van der Waals surface area contributed by atoms with Gasteiger partial charge in [0.15, 0.2) is 0 Å². The maximum absolute atomic E-state index is 5.63. The lowest BCUT2D eigenvalue weighted by atomic mass is 10.0. The van der Waals surface area contributed by atoms with Gasteiger partial charge >= 0.3 is 0 Å². The number of hydrogen-bond donors (Lipinski definition) is 0. The van der Waals surface area contributed by atoms with Crippen LogP contribution in [0.25, 0.3) is 6.08 Å². The van der Waals surface area contributed by atoms with Crippen LogP contribution in [0.15, 0.2) is 18.2 Å². The first-order valence-corrected chi connectivity index (χ1v) is 6.19. The Labute approximate surface area is 103 Å². The molecule has 0 heterocycles. The molecule has 88 valence electrons. The quantitative estimate of drug-likeness (QED) is 0.694. The van der Waals surface area contributed by atoms with Gasteiger partial charge in [0, 0.05) is 5.88 Å². The molecule has 0 fully saturated rings. The van der Waals surface area contributed by atoms with E-state index in [9.17, 15) is 0 Å². The third kappa shape index (κ3) is 3.57. The second-order valence-electron chi connectivity index (χ2n) is 3.79. The van der Waals surface area contributed by atoms with E-state index in [1.54, 1.807) is 0 Å². The van der Waals surface area contributed by atoms with E-state index in [-0.39, 0.29) is 0 Å². The second kappa shape index (κ2) is 6.59. The third-order valence-corrected chi connectivity index (χ3v) is 2.65. The fourth-order valence-corrected chi connectivity index (χ4v) is 1.70. The standard InChI is InChI=1S/C14H19ClO/c1-4-16-14-10-11(2)13(9-12(14)3)7-5-6-8-15/h5,7,9-10H,4,6,8H2,1-3H3/b7-5+. The van der Waals surface area contributed by atoms with Crippen molar-refractivity contribution in [3.05, 3.63) is 34.9 Å². The minimum Gasteiger partial charge on any atom is -0.494 e. The van der Waals surface area contributed by atoms with Crippen molar-refractivity contribution in [3.63, 3.8) is 0 Å². The smallest absolute Gasteiger partial charge is 0.122 e. The molecule has 1 aromatic carbocycles. The number of alkyl halides is 1. The summed E-state index contributed by atoms with van der Waals surface area (Å²) in [5.41, 5.74) is 3.66. The molecule has 0 bridgehead atoms. The van der Waals surface area contributed by atoms with Crippen molar-refractivity contribution in [2.75, 3.05) is 12.5 Å². The summed E-state index contributed by atoms with van der Waals surface area (Å²) in [5, 5.41) is 0. The van der Waals surface area contributed by atoms with Crippen LogP contribution in [0.1, 0.15) is 30.0 Å². The van der Waals surface area contributed by atoms with E-state index in [1.807, 2.05) is 6.92 Å². The van der Waals surface area contributed by atoms with Gasteiger partial charge in [-0.15, -0.1) is 11.6 Å². The van der Waals surface area contributed by atoms with E-state index in [0.29, 0.717) is 12.5 Å². The zero-order chi connectivity index (χ0) is 12.0. The van der Waals surface area contributed by atoms with Gasteiger partial charge in [-0.05, 0) is 56.0 Å². The van der Waals surface area contributed by atoms with Gasteiger partial charge in [0.05, 0.1) is 6.61 Å². The molecule has 0 amide bonds. The molecule has 0 aromatic heterocycles. The van der Waals surface area contributed by atoms with Crippen molar-refractivity contribution in [1.82, 2.24) is 0 Å². The van der Waals surface area contributed by atoms with E-state index in [0.717, 1.165) is 12.2 Å². The van der Waals surface area contributed by atoms with Crippen LogP contribution in [0.4, 0.5) is 0 Å². The summed E-state index contributed by atoms with van der Waals surface area (Å²) in [6, 6.07) is 4.25. The Hall–Kier alpha value is -0.950. The van der Waals surface area contributed by atoms with Gasteiger partial charge in [-0.3, -0.25) is 0 Å². The van der Waals surface area contributed by atoms with E-state index in [2.05, 4.69) is 38.1 Å². The number of hydrogen-bond acceptors (Lipinski definition) is 1. The lowest BCUT2D eigenvalue weighted by molar-refractivity contribution is 0.337. The van der Waals surface area contributed by atoms with Crippen LogP contribution in [-0.4, -0.2) is 12.5 Å². The highest BCUT2D eigenvalue weighted by molar-refractivity contribution is 6.17. The predicted molar refractivity (Wildman–Crippen MR) is 71.5 cm³/mol. The zero-order valence-electron chi connectivity index (χ0n) is 10.2. The Kier molecular flexibility index (Phi) is 5.41. The highest BCUT2D eigenvalue weighted by atomic mass is 35.5. The SMILES string of the molecule is CCOc1cc(C)c(/C=C/CCCl)cc1C. The molecule has 0 atom stereocenters. The average molecular weight is 239 g/mol. The van der Waals surface area contributed by atoms with Gasteiger partial charge in [0.25, 0.3) is 0 Å². The molecular weight excluding hydrogens is 220 g/mol. The Morgan fingerprint density at radius 1 is 1.25 bits per heavy atom. The molecule has 0 spiro atoms. The van der Waals surface area contributed by atoms with Crippen LogP contribution < -0.4 is 4.74 Å². The third-order valence-electron chi connectivity index (χ3n) is 2.44. The fourth-order valence-electron chi connectivity index (χ4n) is 1.58. The molecule has 0 saturated carbocycles. The maximum atomic E-state index is 5.63. The Morgan fingerprint density at radius 3 is 2.62 bits per heavy atom. The van der Waals surface area contributed by atoms with Crippen LogP contribution >= 0.6 is 11.6 Å². The number of rotatable bonds is 5. The minimum atomic E-state index is 0.672. The molecule has 1 aromatic rings. The van der Waals surface area contributed by atoms with E-state index in [4.69, 9.17) is 16.3 Å². The van der Waals surface area contributed by atoms with Crippen molar-refractivity contribution in [1.29, 1.82) is 0 Å². The van der Waals surface area contributed by atoms with E-state index in [1.165, 1.54) is 16.7 Å². The molecular formula is C14H19ClO. The summed E-state index contributed by atoms with van der Waals surface area (Å²) in [5.74, 6) is 1.65. The number of aryl methyl sites for hydroxylation is 2. The lowest BCUT2D eigenvalue weighted by Crippen LogP contribution is -1.95. The predicted octanol–water partition coefficient (Wildman–Crippen LogP) is 4.34. The van der Waals surface area contributed by atoms with Crippen LogP contribution in [0, 0.1) is 13.8 Å². The maximum Gasteiger partial charge on any atom is 0.122 e. The summed E-state index contributed by atoms with van der Waals surface area (Å²) in [4.78, 5) is 0. The van der Waals surface area contributed by atoms with Crippen molar-refractivity contribution >= 4 is 17.7 Å². The van der Waals surface area contributed by atoms with Gasteiger partial charge in [-0.2, -0.15) is 0 Å². The molecule has 0 aliphatic rings. The van der Waals surface area contributed by atoms with E-state index >= 15 is 0 Å². The molecule has 1 rings (SSSR count). The van der Waals surface area contributed by atoms with Crippen LogP contribution in [-0.2, 0) is 0 Å². The Morgan fingerprint density at radius 2 is 2.00 bits per heavy atom. The van der Waals surface area contributed by atoms with Gasteiger partial charge in [-0.25, -0.2) is 0 Å². The van der Waals surface area contributed by atoms with Crippen LogP contribution in [0.2, 0.25) is 0 Å². The van der Waals surface area contributed by atoms with Crippen molar-refractivity contribution in [2.45, 2.75) is 27.2 Å². The molecule has 0 aliphatic carbocycles. The van der Waals surface area contributed by atoms with E-state index < -0.39 is 0 Å². The highest BCUT2D eigenvalue weighted by Gasteiger charge is 2.02. The monoisotopic (exact) mass is 238 g/mol. The summed E-state index contributed by atoms with van der Waals surface area (Å²) < 4.78 is 5.55. The lowest BCUT2D eigenvalue weighted by Gasteiger charge is -2.10. The highest BCUT2D eigenvalue weighted by Crippen LogP contribution is 2.23. The summed E-state index contributed by atoms with van der Waals surface area (Å²) in [7, 11) is 0. The van der Waals surface area contributed by atoms with Gasteiger partial charge < -0.3 is 4.74 Å². The average Bonchev–Trinajstić information content (AvgIpc) is 2.25. The number of benzene rings is 1. The second-order valence-corrected chi connectivity index (χ2v) is 4.17. The molecule has 0 unspecified atom stereocenters. The van der Waals surface area contributed by atoms with Crippen molar-refractivity contribution < 1.29 is 4.74 Å². The summed E-state index contributed by atoms with van der Waals surface area (Å²) >= 11 is 5.63. The molecule has 1 nitrogen and oxygen atoms in total. The Balaban J connectivity index is 2.91. The first kappa shape index (κ1) is 13.1. The van der Waals surface area contributed by atoms with Crippen molar-refractivity contribution in [2.24, 2.45) is 0 Å².